The summed E-state index contributed by atoms with van der Waals surface area (Å²) < 4.78 is 0. The van der Waals surface area contributed by atoms with E-state index in [1.807, 2.05) is 0 Å². The number of likely N-dealkylation sites (tertiary alicyclic amines) is 1. The van der Waals surface area contributed by atoms with E-state index in [0.717, 1.165) is 38.9 Å². The minimum Gasteiger partial charge on any atom is -0.368 e. The van der Waals surface area contributed by atoms with E-state index in [9.17, 15) is 4.79 Å². The normalized spacial score (nSPS) is 23.6. The topological polar surface area (TPSA) is 72.3 Å². The summed E-state index contributed by atoms with van der Waals surface area (Å²) in [5.74, 6) is -0.186. The predicted octanol–water partition coefficient (Wildman–Crippen LogP) is -0.715. The van der Waals surface area contributed by atoms with E-state index in [0.29, 0.717) is 0 Å². The molecule has 1 saturated heterocycles. The molecule has 4 heteroatoms. The molecule has 0 aromatic carbocycles. The van der Waals surface area contributed by atoms with Crippen molar-refractivity contribution in [2.75, 3.05) is 19.6 Å². The summed E-state index contributed by atoms with van der Waals surface area (Å²) in [4.78, 5) is 12.9. The van der Waals surface area contributed by atoms with Crippen LogP contribution in [0.1, 0.15) is 19.3 Å². The smallest absolute Gasteiger partial charge is 0.234 e. The molecule has 4 N–H and O–H groups in total. The number of primary amides is 1. The Morgan fingerprint density at radius 1 is 1.50 bits per heavy atom. The Morgan fingerprint density at radius 3 is 2.67 bits per heavy atom. The molecule has 1 fully saturated rings. The van der Waals surface area contributed by atoms with Gasteiger partial charge in [0.25, 0.3) is 0 Å². The maximum atomic E-state index is 10.8. The Kier molecular flexibility index (Phi) is 3.49. The molecule has 0 saturated carbocycles. The van der Waals surface area contributed by atoms with Crippen molar-refractivity contribution in [1.82, 2.24) is 4.90 Å². The van der Waals surface area contributed by atoms with Crippen molar-refractivity contribution >= 4 is 5.91 Å². The molecule has 0 bridgehead atoms. The molecule has 12 heavy (non-hydrogen) atoms. The fourth-order valence-electron chi connectivity index (χ4n) is 1.49. The first kappa shape index (κ1) is 9.48. The summed E-state index contributed by atoms with van der Waals surface area (Å²) in [7, 11) is 0. The molecule has 0 aromatic rings. The van der Waals surface area contributed by atoms with Crippen molar-refractivity contribution in [1.29, 1.82) is 0 Å². The molecular weight excluding hydrogens is 154 g/mol. The van der Waals surface area contributed by atoms with Gasteiger partial charge in [-0.25, -0.2) is 0 Å². The zero-order valence-corrected chi connectivity index (χ0v) is 7.33. The lowest BCUT2D eigenvalue weighted by Crippen LogP contribution is -2.54. The van der Waals surface area contributed by atoms with Crippen LogP contribution >= 0.6 is 0 Å². The van der Waals surface area contributed by atoms with E-state index in [-0.39, 0.29) is 11.9 Å². The van der Waals surface area contributed by atoms with Crippen molar-refractivity contribution in [3.8, 4) is 0 Å². The first-order chi connectivity index (χ1) is 5.75. The minimum atomic E-state index is -0.186. The molecule has 0 aliphatic carbocycles. The lowest BCUT2D eigenvalue weighted by Gasteiger charge is -2.38. The molecule has 1 unspecified atom stereocenters. The number of amides is 1. The largest absolute Gasteiger partial charge is 0.368 e. The molecule has 1 rings (SSSR count). The molecule has 1 aliphatic rings. The summed E-state index contributed by atoms with van der Waals surface area (Å²) in [5, 5.41) is 0. The lowest BCUT2D eigenvalue weighted by atomic mass is 10.0. The molecule has 1 aliphatic heterocycles. The van der Waals surface area contributed by atoms with E-state index in [1.165, 1.54) is 0 Å². The van der Waals surface area contributed by atoms with Gasteiger partial charge in [0.05, 0.1) is 6.04 Å². The van der Waals surface area contributed by atoms with Crippen molar-refractivity contribution in [3.63, 3.8) is 0 Å². The predicted molar refractivity (Wildman–Crippen MR) is 47.5 cm³/mol. The van der Waals surface area contributed by atoms with Crippen molar-refractivity contribution in [2.45, 2.75) is 25.3 Å². The van der Waals surface area contributed by atoms with Gasteiger partial charge in [-0.1, -0.05) is 0 Å². The van der Waals surface area contributed by atoms with Gasteiger partial charge in [-0.3, -0.25) is 9.69 Å². The van der Waals surface area contributed by atoms with Gasteiger partial charge in [-0.15, -0.1) is 0 Å². The summed E-state index contributed by atoms with van der Waals surface area (Å²) >= 11 is 0. The lowest BCUT2D eigenvalue weighted by molar-refractivity contribution is -0.127. The van der Waals surface area contributed by atoms with Gasteiger partial charge in [0.1, 0.15) is 0 Å². The summed E-state index contributed by atoms with van der Waals surface area (Å²) in [6, 6.07) is 0.00257. The monoisotopic (exact) mass is 171 g/mol. The first-order valence-corrected chi connectivity index (χ1v) is 4.49. The average Bonchev–Trinajstić information content (AvgIpc) is 1.94. The maximum Gasteiger partial charge on any atom is 0.234 e. The Bertz CT molecular complexity index is 160. The number of carbonyl (C=O) groups is 1. The Labute approximate surface area is 72.9 Å². The van der Waals surface area contributed by atoms with Gasteiger partial charge in [0.2, 0.25) is 5.91 Å². The maximum absolute atomic E-state index is 10.8. The molecule has 1 heterocycles. The molecule has 0 aromatic heterocycles. The van der Waals surface area contributed by atoms with Gasteiger partial charge >= 0.3 is 0 Å². The van der Waals surface area contributed by atoms with Crippen LogP contribution < -0.4 is 11.5 Å². The third-order valence-electron chi connectivity index (χ3n) is 2.36. The van der Waals surface area contributed by atoms with E-state index >= 15 is 0 Å². The second-order valence-corrected chi connectivity index (χ2v) is 3.24. The number of rotatable bonds is 5. The Balaban J connectivity index is 2.12. The molecule has 1 atom stereocenters. The summed E-state index contributed by atoms with van der Waals surface area (Å²) in [5.41, 5.74) is 10.5. The zero-order valence-electron chi connectivity index (χ0n) is 7.33. The van der Waals surface area contributed by atoms with Gasteiger partial charge in [-0.05, 0) is 32.4 Å². The number of nitrogens with two attached hydrogens (primary N) is 2. The van der Waals surface area contributed by atoms with Crippen LogP contribution in [0.5, 0.6) is 0 Å². The van der Waals surface area contributed by atoms with E-state index in [1.54, 1.807) is 0 Å². The highest BCUT2D eigenvalue weighted by Gasteiger charge is 2.31. The van der Waals surface area contributed by atoms with Gasteiger partial charge in [-0.2, -0.15) is 0 Å². The first-order valence-electron chi connectivity index (χ1n) is 4.49. The highest BCUT2D eigenvalue weighted by Crippen LogP contribution is 2.16. The van der Waals surface area contributed by atoms with E-state index in [2.05, 4.69) is 4.90 Å². The molecule has 0 spiro atoms. The third kappa shape index (κ3) is 2.19. The van der Waals surface area contributed by atoms with Crippen LogP contribution in [0.3, 0.4) is 0 Å². The second kappa shape index (κ2) is 4.42. The van der Waals surface area contributed by atoms with Crippen LogP contribution in [0, 0.1) is 0 Å². The number of hydrogen-bond donors (Lipinski definition) is 2. The van der Waals surface area contributed by atoms with Crippen molar-refractivity contribution in [3.05, 3.63) is 0 Å². The van der Waals surface area contributed by atoms with E-state index in [4.69, 9.17) is 11.5 Å². The zero-order chi connectivity index (χ0) is 8.97. The third-order valence-corrected chi connectivity index (χ3v) is 2.36. The SMILES string of the molecule is NCCCCN1CCC1C(N)=O. The van der Waals surface area contributed by atoms with Gasteiger partial charge in [0, 0.05) is 6.54 Å². The average molecular weight is 171 g/mol. The number of carbonyl (C=O) groups excluding carboxylic acids is 1. The summed E-state index contributed by atoms with van der Waals surface area (Å²) in [6.07, 6.45) is 3.03. The van der Waals surface area contributed by atoms with Crippen LogP contribution in [0.2, 0.25) is 0 Å². The number of unbranched alkanes of at least 4 members (excludes halogenated alkanes) is 1. The molecular formula is C8H17N3O. The highest BCUT2D eigenvalue weighted by atomic mass is 16.1. The highest BCUT2D eigenvalue weighted by molar-refractivity contribution is 5.80. The van der Waals surface area contributed by atoms with E-state index < -0.39 is 0 Å². The second-order valence-electron chi connectivity index (χ2n) is 3.24. The standard InChI is InChI=1S/C8H17N3O/c9-4-1-2-5-11-6-3-7(11)8(10)12/h7H,1-6,9H2,(H2,10,12). The van der Waals surface area contributed by atoms with Crippen LogP contribution in [0.25, 0.3) is 0 Å². The molecule has 0 radical (unpaired) electrons. The number of nitrogens with zero attached hydrogens (tertiary/aromatic N) is 1. The fourth-order valence-corrected chi connectivity index (χ4v) is 1.49. The molecule has 70 valence electrons. The molecule has 4 nitrogen and oxygen atoms in total. The minimum absolute atomic E-state index is 0.00257. The number of hydrogen-bond acceptors (Lipinski definition) is 3. The summed E-state index contributed by atoms with van der Waals surface area (Å²) in [6.45, 7) is 2.71. The van der Waals surface area contributed by atoms with Crippen molar-refractivity contribution in [2.24, 2.45) is 11.5 Å². The van der Waals surface area contributed by atoms with Gasteiger partial charge in [0.15, 0.2) is 0 Å². The van der Waals surface area contributed by atoms with Crippen LogP contribution in [0.15, 0.2) is 0 Å². The van der Waals surface area contributed by atoms with Crippen molar-refractivity contribution < 1.29 is 4.79 Å². The van der Waals surface area contributed by atoms with Crippen LogP contribution in [-0.2, 0) is 4.79 Å². The van der Waals surface area contributed by atoms with Crippen LogP contribution in [-0.4, -0.2) is 36.5 Å². The fraction of sp³-hybridized carbons (Fsp3) is 0.875. The Morgan fingerprint density at radius 2 is 2.25 bits per heavy atom. The van der Waals surface area contributed by atoms with Gasteiger partial charge < -0.3 is 11.5 Å². The van der Waals surface area contributed by atoms with Crippen LogP contribution in [0.4, 0.5) is 0 Å². The Hall–Kier alpha value is -0.610. The quantitative estimate of drug-likeness (QED) is 0.536. The molecule has 1 amide bonds.